The number of aliphatic hydroxyl groups is 1. The van der Waals surface area contributed by atoms with Crippen LogP contribution in [0.3, 0.4) is 0 Å². The second-order valence-electron chi connectivity index (χ2n) is 5.38. The van der Waals surface area contributed by atoms with Crippen molar-refractivity contribution >= 4 is 23.6 Å². The summed E-state index contributed by atoms with van der Waals surface area (Å²) in [4.78, 5) is 28.5. The standard InChI is InChI=1S/C17H21N3O3/c1-18-7-8-19-11-14-15(21)9-12(10-16(14)22)17(23)20-13-5-3-2-4-6-13/h2-6,11-12,18,21H,7-10H2,1H3,(H,20,23). The molecule has 23 heavy (non-hydrogen) atoms. The van der Waals surface area contributed by atoms with Gasteiger partial charge in [0.15, 0.2) is 5.78 Å². The number of amides is 1. The predicted molar refractivity (Wildman–Crippen MR) is 89.7 cm³/mol. The van der Waals surface area contributed by atoms with Crippen molar-refractivity contribution in [3.63, 3.8) is 0 Å². The summed E-state index contributed by atoms with van der Waals surface area (Å²) in [5.41, 5.74) is 0.887. The van der Waals surface area contributed by atoms with Crippen LogP contribution in [-0.4, -0.2) is 43.1 Å². The third-order valence-electron chi connectivity index (χ3n) is 3.61. The number of para-hydroxylation sites is 1. The molecule has 0 radical (unpaired) electrons. The highest BCUT2D eigenvalue weighted by molar-refractivity contribution is 6.15. The van der Waals surface area contributed by atoms with E-state index in [2.05, 4.69) is 15.6 Å². The van der Waals surface area contributed by atoms with Gasteiger partial charge in [-0.25, -0.2) is 0 Å². The van der Waals surface area contributed by atoms with Gasteiger partial charge in [-0.05, 0) is 19.2 Å². The molecule has 1 atom stereocenters. The van der Waals surface area contributed by atoms with Crippen molar-refractivity contribution in [1.82, 2.24) is 5.32 Å². The quantitative estimate of drug-likeness (QED) is 0.550. The highest BCUT2D eigenvalue weighted by atomic mass is 16.3. The molecule has 1 unspecified atom stereocenters. The average molecular weight is 315 g/mol. The Bertz CT molecular complexity index is 623. The smallest absolute Gasteiger partial charge is 0.228 e. The summed E-state index contributed by atoms with van der Waals surface area (Å²) >= 11 is 0. The van der Waals surface area contributed by atoms with Gasteiger partial charge in [-0.2, -0.15) is 0 Å². The van der Waals surface area contributed by atoms with E-state index in [1.165, 1.54) is 6.21 Å². The average Bonchev–Trinajstić information content (AvgIpc) is 2.54. The summed E-state index contributed by atoms with van der Waals surface area (Å²) in [5.74, 6) is -1.14. The Labute approximate surface area is 135 Å². The van der Waals surface area contributed by atoms with Crippen LogP contribution in [0.1, 0.15) is 12.8 Å². The summed E-state index contributed by atoms with van der Waals surface area (Å²) < 4.78 is 0. The highest BCUT2D eigenvalue weighted by Gasteiger charge is 2.31. The van der Waals surface area contributed by atoms with E-state index in [1.54, 1.807) is 12.1 Å². The number of benzene rings is 1. The number of likely N-dealkylation sites (N-methyl/N-ethyl adjacent to an activating group) is 1. The number of hydrogen-bond donors (Lipinski definition) is 3. The number of allylic oxidation sites excluding steroid dienone is 2. The van der Waals surface area contributed by atoms with Crippen LogP contribution in [0, 0.1) is 5.92 Å². The molecule has 0 fully saturated rings. The summed E-state index contributed by atoms with van der Waals surface area (Å²) in [6.45, 7) is 1.22. The Balaban J connectivity index is 2.00. The van der Waals surface area contributed by atoms with Crippen LogP contribution in [0.5, 0.6) is 0 Å². The zero-order valence-corrected chi connectivity index (χ0v) is 13.1. The van der Waals surface area contributed by atoms with Gasteiger partial charge in [-0.15, -0.1) is 0 Å². The fourth-order valence-electron chi connectivity index (χ4n) is 2.34. The van der Waals surface area contributed by atoms with E-state index < -0.39 is 5.92 Å². The van der Waals surface area contributed by atoms with Crippen LogP contribution < -0.4 is 10.6 Å². The molecule has 2 rings (SSSR count). The summed E-state index contributed by atoms with van der Waals surface area (Å²) in [7, 11) is 1.81. The number of rotatable bonds is 6. The number of carbonyl (C=O) groups is 2. The van der Waals surface area contributed by atoms with Gasteiger partial charge < -0.3 is 15.7 Å². The van der Waals surface area contributed by atoms with Crippen LogP contribution in [-0.2, 0) is 9.59 Å². The largest absolute Gasteiger partial charge is 0.511 e. The Hall–Kier alpha value is -2.47. The maximum Gasteiger partial charge on any atom is 0.228 e. The molecule has 0 spiro atoms. The number of aliphatic hydroxyl groups excluding tert-OH is 1. The number of carbonyl (C=O) groups excluding carboxylic acids is 2. The van der Waals surface area contributed by atoms with Crippen molar-refractivity contribution in [2.75, 3.05) is 25.5 Å². The molecule has 0 aliphatic heterocycles. The number of hydrogen-bond acceptors (Lipinski definition) is 5. The minimum absolute atomic E-state index is 0.0670. The predicted octanol–water partition coefficient (Wildman–Crippen LogP) is 1.71. The van der Waals surface area contributed by atoms with Gasteiger partial charge in [0, 0.05) is 31.3 Å². The van der Waals surface area contributed by atoms with Crippen LogP contribution in [0.25, 0.3) is 0 Å². The first-order valence-electron chi connectivity index (χ1n) is 7.57. The molecule has 1 aromatic carbocycles. The Morgan fingerprint density at radius 2 is 2.09 bits per heavy atom. The fraction of sp³-hybridized carbons (Fsp3) is 0.353. The minimum atomic E-state index is -0.558. The van der Waals surface area contributed by atoms with Gasteiger partial charge in [-0.3, -0.25) is 14.6 Å². The van der Waals surface area contributed by atoms with Crippen LogP contribution >= 0.6 is 0 Å². The van der Waals surface area contributed by atoms with E-state index in [4.69, 9.17) is 0 Å². The van der Waals surface area contributed by atoms with Crippen LogP contribution in [0.4, 0.5) is 5.69 Å². The highest BCUT2D eigenvalue weighted by Crippen LogP contribution is 2.26. The number of ketones is 1. The third kappa shape index (κ3) is 4.75. The zero-order chi connectivity index (χ0) is 16.7. The van der Waals surface area contributed by atoms with Gasteiger partial charge in [0.05, 0.1) is 18.0 Å². The summed E-state index contributed by atoms with van der Waals surface area (Å²) in [6.07, 6.45) is 1.63. The van der Waals surface area contributed by atoms with Crippen LogP contribution in [0.2, 0.25) is 0 Å². The maximum atomic E-state index is 12.2. The van der Waals surface area contributed by atoms with Crippen molar-refractivity contribution in [2.24, 2.45) is 10.9 Å². The summed E-state index contributed by atoms with van der Waals surface area (Å²) in [5, 5.41) is 15.8. The molecule has 1 amide bonds. The second-order valence-corrected chi connectivity index (χ2v) is 5.38. The molecule has 1 aliphatic carbocycles. The molecule has 6 nitrogen and oxygen atoms in total. The van der Waals surface area contributed by atoms with E-state index in [1.807, 2.05) is 25.2 Å². The van der Waals surface area contributed by atoms with Gasteiger partial charge in [0.2, 0.25) is 5.91 Å². The topological polar surface area (TPSA) is 90.8 Å². The summed E-state index contributed by atoms with van der Waals surface area (Å²) in [6, 6.07) is 9.04. The maximum absolute atomic E-state index is 12.2. The molecule has 3 N–H and O–H groups in total. The van der Waals surface area contributed by atoms with Crippen molar-refractivity contribution < 1.29 is 14.7 Å². The molecule has 0 saturated heterocycles. The molecular weight excluding hydrogens is 294 g/mol. The molecule has 0 aromatic heterocycles. The van der Waals surface area contributed by atoms with Crippen molar-refractivity contribution in [3.8, 4) is 0 Å². The molecule has 122 valence electrons. The van der Waals surface area contributed by atoms with E-state index in [0.717, 1.165) is 0 Å². The number of nitrogens with one attached hydrogen (secondary N) is 2. The number of nitrogens with zero attached hydrogens (tertiary/aromatic N) is 1. The molecule has 1 aromatic rings. The minimum Gasteiger partial charge on any atom is -0.511 e. The Morgan fingerprint density at radius 3 is 2.74 bits per heavy atom. The van der Waals surface area contributed by atoms with E-state index >= 15 is 0 Å². The second kappa shape index (κ2) is 8.24. The van der Waals surface area contributed by atoms with Gasteiger partial charge in [0.1, 0.15) is 5.76 Å². The van der Waals surface area contributed by atoms with E-state index in [-0.39, 0.29) is 35.9 Å². The normalized spacial score (nSPS) is 18.5. The molecule has 0 bridgehead atoms. The van der Waals surface area contributed by atoms with Gasteiger partial charge >= 0.3 is 0 Å². The van der Waals surface area contributed by atoms with Crippen LogP contribution in [0.15, 0.2) is 46.7 Å². The van der Waals surface area contributed by atoms with Gasteiger partial charge in [-0.1, -0.05) is 18.2 Å². The molecule has 6 heteroatoms. The van der Waals surface area contributed by atoms with E-state index in [0.29, 0.717) is 18.8 Å². The first-order chi connectivity index (χ1) is 11.1. The number of Topliss-reactive ketones (excluding diaryl/α,β-unsaturated/α-hetero) is 1. The van der Waals surface area contributed by atoms with Gasteiger partial charge in [0.25, 0.3) is 0 Å². The molecule has 0 heterocycles. The van der Waals surface area contributed by atoms with E-state index in [9.17, 15) is 14.7 Å². The Morgan fingerprint density at radius 1 is 1.35 bits per heavy atom. The lowest BCUT2D eigenvalue weighted by Gasteiger charge is -2.21. The third-order valence-corrected chi connectivity index (χ3v) is 3.61. The fourth-order valence-corrected chi connectivity index (χ4v) is 2.34. The first-order valence-corrected chi connectivity index (χ1v) is 7.57. The lowest BCUT2D eigenvalue weighted by atomic mass is 9.87. The van der Waals surface area contributed by atoms with Crippen molar-refractivity contribution in [1.29, 1.82) is 0 Å². The lowest BCUT2D eigenvalue weighted by molar-refractivity contribution is -0.125. The monoisotopic (exact) mass is 315 g/mol. The zero-order valence-electron chi connectivity index (χ0n) is 13.1. The van der Waals surface area contributed by atoms with Crippen molar-refractivity contribution in [2.45, 2.75) is 12.8 Å². The Kier molecular flexibility index (Phi) is 6.05. The lowest BCUT2D eigenvalue weighted by Crippen LogP contribution is -2.30. The molecule has 0 saturated carbocycles. The molecule has 1 aliphatic rings. The number of aliphatic imine (C=N–C) groups is 1. The molecular formula is C17H21N3O3. The van der Waals surface area contributed by atoms with Crippen molar-refractivity contribution in [3.05, 3.63) is 41.7 Å². The number of anilines is 1. The first kappa shape index (κ1) is 16.9. The SMILES string of the molecule is CNCCN=CC1=C(O)CC(C(=O)Nc2ccccc2)CC1=O.